The van der Waals surface area contributed by atoms with Crippen molar-refractivity contribution in [2.24, 2.45) is 5.92 Å². The Morgan fingerprint density at radius 1 is 1.41 bits per heavy atom. The molecule has 5 nitrogen and oxygen atoms in total. The summed E-state index contributed by atoms with van der Waals surface area (Å²) < 4.78 is 0. The van der Waals surface area contributed by atoms with E-state index in [4.69, 9.17) is 5.11 Å². The number of nitrogens with one attached hydrogen (secondary N) is 1. The van der Waals surface area contributed by atoms with Gasteiger partial charge in [0.05, 0.1) is 12.3 Å². The molecule has 0 spiro atoms. The van der Waals surface area contributed by atoms with Crippen molar-refractivity contribution in [3.05, 3.63) is 0 Å². The molecule has 0 aromatic heterocycles. The highest BCUT2D eigenvalue weighted by molar-refractivity contribution is 7.99. The molecule has 0 radical (unpaired) electrons. The zero-order valence-corrected chi connectivity index (χ0v) is 11.3. The molecule has 0 aliphatic rings. The SMILES string of the molecule is CC(C)CCSCC(=O)NCC(C)(O)C(=O)O. The third-order valence-corrected chi connectivity index (χ3v) is 3.15. The first-order chi connectivity index (χ1) is 7.75. The fraction of sp³-hybridized carbons (Fsp3) is 0.818. The van der Waals surface area contributed by atoms with Crippen LogP contribution in [0.5, 0.6) is 0 Å². The standard InChI is InChI=1S/C11H21NO4S/c1-8(2)4-5-17-6-9(13)12-7-11(3,16)10(14)15/h8,16H,4-7H2,1-3H3,(H,12,13)(H,14,15). The summed E-state index contributed by atoms with van der Waals surface area (Å²) in [6.07, 6.45) is 1.05. The highest BCUT2D eigenvalue weighted by Gasteiger charge is 2.30. The van der Waals surface area contributed by atoms with E-state index in [0.717, 1.165) is 19.1 Å². The summed E-state index contributed by atoms with van der Waals surface area (Å²) in [7, 11) is 0. The van der Waals surface area contributed by atoms with E-state index >= 15 is 0 Å². The van der Waals surface area contributed by atoms with Gasteiger partial charge < -0.3 is 15.5 Å². The molecular formula is C11H21NO4S. The van der Waals surface area contributed by atoms with E-state index in [0.29, 0.717) is 11.7 Å². The molecular weight excluding hydrogens is 242 g/mol. The van der Waals surface area contributed by atoms with Crippen molar-refractivity contribution in [3.8, 4) is 0 Å². The van der Waals surface area contributed by atoms with Crippen molar-refractivity contribution in [2.75, 3.05) is 18.1 Å². The second-order valence-corrected chi connectivity index (χ2v) is 5.70. The average molecular weight is 263 g/mol. The van der Waals surface area contributed by atoms with Crippen LogP contribution in [0.1, 0.15) is 27.2 Å². The lowest BCUT2D eigenvalue weighted by atomic mass is 10.1. The largest absolute Gasteiger partial charge is 0.479 e. The maximum atomic E-state index is 11.3. The topological polar surface area (TPSA) is 86.6 Å². The molecule has 0 aromatic rings. The molecule has 17 heavy (non-hydrogen) atoms. The third-order valence-electron chi connectivity index (χ3n) is 2.16. The zero-order valence-electron chi connectivity index (χ0n) is 10.5. The Bertz CT molecular complexity index is 266. The van der Waals surface area contributed by atoms with Crippen LogP contribution in [-0.2, 0) is 9.59 Å². The van der Waals surface area contributed by atoms with E-state index in [-0.39, 0.29) is 12.5 Å². The molecule has 0 saturated carbocycles. The van der Waals surface area contributed by atoms with Gasteiger partial charge in [0.25, 0.3) is 0 Å². The Kier molecular flexibility index (Phi) is 7.22. The van der Waals surface area contributed by atoms with Gasteiger partial charge >= 0.3 is 5.97 Å². The van der Waals surface area contributed by atoms with Crippen LogP contribution in [0.3, 0.4) is 0 Å². The molecule has 0 aliphatic heterocycles. The molecule has 0 heterocycles. The van der Waals surface area contributed by atoms with Gasteiger partial charge in [-0.15, -0.1) is 0 Å². The second-order valence-electron chi connectivity index (χ2n) is 4.59. The first-order valence-corrected chi connectivity index (χ1v) is 6.71. The number of aliphatic carboxylic acids is 1. The van der Waals surface area contributed by atoms with Gasteiger partial charge in [-0.25, -0.2) is 4.79 Å². The molecule has 0 bridgehead atoms. The van der Waals surface area contributed by atoms with Gasteiger partial charge in [-0.3, -0.25) is 4.79 Å². The van der Waals surface area contributed by atoms with Crippen molar-refractivity contribution in [1.82, 2.24) is 5.32 Å². The molecule has 1 amide bonds. The molecule has 0 aliphatic carbocycles. The molecule has 0 saturated heterocycles. The number of carboxylic acids is 1. The smallest absolute Gasteiger partial charge is 0.337 e. The quantitative estimate of drug-likeness (QED) is 0.562. The predicted molar refractivity (Wildman–Crippen MR) is 68.0 cm³/mol. The summed E-state index contributed by atoms with van der Waals surface area (Å²) in [5.41, 5.74) is -1.90. The normalized spacial score (nSPS) is 14.4. The van der Waals surface area contributed by atoms with Gasteiger partial charge in [0.2, 0.25) is 5.91 Å². The summed E-state index contributed by atoms with van der Waals surface area (Å²) >= 11 is 1.51. The summed E-state index contributed by atoms with van der Waals surface area (Å²) in [4.78, 5) is 21.9. The molecule has 0 rings (SSSR count). The van der Waals surface area contributed by atoms with Gasteiger partial charge in [-0.2, -0.15) is 11.8 Å². The number of hydrogen-bond acceptors (Lipinski definition) is 4. The van der Waals surface area contributed by atoms with Gasteiger partial charge in [0.15, 0.2) is 5.60 Å². The monoisotopic (exact) mass is 263 g/mol. The van der Waals surface area contributed by atoms with Crippen molar-refractivity contribution >= 4 is 23.6 Å². The van der Waals surface area contributed by atoms with E-state index in [9.17, 15) is 14.7 Å². The fourth-order valence-corrected chi connectivity index (χ4v) is 1.95. The summed E-state index contributed by atoms with van der Waals surface area (Å²) in [5, 5.41) is 20.4. The number of thioether (sulfide) groups is 1. The van der Waals surface area contributed by atoms with Crippen LogP contribution >= 0.6 is 11.8 Å². The van der Waals surface area contributed by atoms with Gasteiger partial charge in [-0.1, -0.05) is 13.8 Å². The molecule has 6 heteroatoms. The summed E-state index contributed by atoms with van der Waals surface area (Å²) in [6.45, 7) is 5.11. The molecule has 0 fully saturated rings. The van der Waals surface area contributed by atoms with E-state index in [2.05, 4.69) is 19.2 Å². The lowest BCUT2D eigenvalue weighted by Gasteiger charge is -2.18. The van der Waals surface area contributed by atoms with Gasteiger partial charge in [-0.05, 0) is 25.0 Å². The molecule has 3 N–H and O–H groups in total. The summed E-state index contributed by atoms with van der Waals surface area (Å²) in [5.74, 6) is 0.215. The number of carboxylic acid groups (broad SMARTS) is 1. The fourth-order valence-electron chi connectivity index (χ4n) is 0.881. The number of carbonyl (C=O) groups excluding carboxylic acids is 1. The Labute approximate surface area is 106 Å². The molecule has 0 aromatic carbocycles. The Hall–Kier alpha value is -0.750. The lowest BCUT2D eigenvalue weighted by Crippen LogP contribution is -2.47. The van der Waals surface area contributed by atoms with Crippen LogP contribution in [0, 0.1) is 5.92 Å². The second kappa shape index (κ2) is 7.55. The van der Waals surface area contributed by atoms with E-state index < -0.39 is 11.6 Å². The Morgan fingerprint density at radius 2 is 2.00 bits per heavy atom. The van der Waals surface area contributed by atoms with E-state index in [1.165, 1.54) is 11.8 Å². The molecule has 1 atom stereocenters. The van der Waals surface area contributed by atoms with Crippen LogP contribution < -0.4 is 5.32 Å². The minimum atomic E-state index is -1.90. The highest BCUT2D eigenvalue weighted by Crippen LogP contribution is 2.08. The predicted octanol–water partition coefficient (Wildman–Crippen LogP) is 0.717. The molecule has 100 valence electrons. The lowest BCUT2D eigenvalue weighted by molar-refractivity contribution is -0.156. The Morgan fingerprint density at radius 3 is 2.47 bits per heavy atom. The molecule has 1 unspecified atom stereocenters. The van der Waals surface area contributed by atoms with Crippen LogP contribution in [-0.4, -0.2) is 45.7 Å². The third kappa shape index (κ3) is 8.04. The van der Waals surface area contributed by atoms with Crippen LogP contribution in [0.15, 0.2) is 0 Å². The van der Waals surface area contributed by atoms with Gasteiger partial charge in [0, 0.05) is 0 Å². The first kappa shape index (κ1) is 16.2. The maximum Gasteiger partial charge on any atom is 0.337 e. The first-order valence-electron chi connectivity index (χ1n) is 5.56. The number of hydrogen-bond donors (Lipinski definition) is 3. The maximum absolute atomic E-state index is 11.3. The van der Waals surface area contributed by atoms with Crippen LogP contribution in [0.2, 0.25) is 0 Å². The van der Waals surface area contributed by atoms with Crippen LogP contribution in [0.4, 0.5) is 0 Å². The zero-order chi connectivity index (χ0) is 13.5. The highest BCUT2D eigenvalue weighted by atomic mass is 32.2. The summed E-state index contributed by atoms with van der Waals surface area (Å²) in [6, 6.07) is 0. The van der Waals surface area contributed by atoms with Crippen molar-refractivity contribution in [2.45, 2.75) is 32.8 Å². The number of carbonyl (C=O) groups is 2. The van der Waals surface area contributed by atoms with Crippen molar-refractivity contribution < 1.29 is 19.8 Å². The number of aliphatic hydroxyl groups is 1. The number of rotatable bonds is 8. The van der Waals surface area contributed by atoms with Gasteiger partial charge in [0.1, 0.15) is 0 Å². The van der Waals surface area contributed by atoms with Crippen molar-refractivity contribution in [1.29, 1.82) is 0 Å². The number of amides is 1. The average Bonchev–Trinajstić information content (AvgIpc) is 2.21. The van der Waals surface area contributed by atoms with E-state index in [1.807, 2.05) is 0 Å². The Balaban J connectivity index is 3.70. The minimum Gasteiger partial charge on any atom is -0.479 e. The van der Waals surface area contributed by atoms with Crippen LogP contribution in [0.25, 0.3) is 0 Å². The minimum absolute atomic E-state index is 0.250. The van der Waals surface area contributed by atoms with Crippen molar-refractivity contribution in [3.63, 3.8) is 0 Å². The van der Waals surface area contributed by atoms with E-state index in [1.54, 1.807) is 0 Å².